The number of thioether (sulfide) groups is 1. The van der Waals surface area contributed by atoms with Gasteiger partial charge in [0.2, 0.25) is 5.91 Å². The van der Waals surface area contributed by atoms with Gasteiger partial charge in [-0.05, 0) is 31.9 Å². The van der Waals surface area contributed by atoms with Crippen molar-refractivity contribution in [1.29, 1.82) is 5.26 Å². The van der Waals surface area contributed by atoms with Crippen LogP contribution < -0.4 is 0 Å². The molecule has 130 valence electrons. The van der Waals surface area contributed by atoms with Crippen molar-refractivity contribution in [1.82, 2.24) is 4.90 Å². The molecule has 2 rings (SSSR count). The summed E-state index contributed by atoms with van der Waals surface area (Å²) in [7, 11) is 1.66. The maximum absolute atomic E-state index is 13.8. The molecule has 24 heavy (non-hydrogen) atoms. The third-order valence-electron chi connectivity index (χ3n) is 4.77. The maximum Gasteiger partial charge on any atom is 0.233 e. The number of amides is 1. The molecule has 0 heterocycles. The van der Waals surface area contributed by atoms with E-state index in [2.05, 4.69) is 6.07 Å². The molecule has 1 aliphatic rings. The average Bonchev–Trinajstić information content (AvgIpc) is 2.59. The molecule has 0 aromatic heterocycles. The Labute approximate surface area is 146 Å². The van der Waals surface area contributed by atoms with Crippen molar-refractivity contribution >= 4 is 17.7 Å². The summed E-state index contributed by atoms with van der Waals surface area (Å²) in [6.07, 6.45) is 4.34. The van der Waals surface area contributed by atoms with Crippen LogP contribution in [0.4, 0.5) is 8.78 Å². The van der Waals surface area contributed by atoms with Crippen molar-refractivity contribution in [2.24, 2.45) is 0 Å². The first-order valence-corrected chi connectivity index (χ1v) is 9.19. The van der Waals surface area contributed by atoms with E-state index in [1.54, 1.807) is 14.0 Å². The molecule has 1 amide bonds. The van der Waals surface area contributed by atoms with Crippen molar-refractivity contribution in [2.75, 3.05) is 12.8 Å². The summed E-state index contributed by atoms with van der Waals surface area (Å²) in [5, 5.41) is 9.06. The van der Waals surface area contributed by atoms with Crippen LogP contribution in [0.3, 0.4) is 0 Å². The Bertz CT molecular complexity index is 618. The van der Waals surface area contributed by atoms with E-state index in [0.29, 0.717) is 12.8 Å². The number of halogens is 2. The van der Waals surface area contributed by atoms with Crippen LogP contribution in [-0.4, -0.2) is 29.1 Å². The highest BCUT2D eigenvalue weighted by Gasteiger charge is 2.38. The molecule has 1 saturated carbocycles. The van der Waals surface area contributed by atoms with E-state index in [1.165, 1.54) is 34.9 Å². The monoisotopic (exact) mass is 352 g/mol. The molecule has 0 saturated heterocycles. The van der Waals surface area contributed by atoms with Crippen LogP contribution in [0.5, 0.6) is 0 Å². The van der Waals surface area contributed by atoms with E-state index in [-0.39, 0.29) is 17.2 Å². The van der Waals surface area contributed by atoms with Gasteiger partial charge < -0.3 is 4.90 Å². The Morgan fingerprint density at radius 2 is 1.92 bits per heavy atom. The number of carbonyl (C=O) groups is 1. The molecular weight excluding hydrogens is 330 g/mol. The molecule has 3 nitrogen and oxygen atoms in total. The minimum atomic E-state index is -0.734. The SMILES string of the molecule is CC(SCC(=O)N(C)C1(C#N)CCCCC1)c1c(F)cccc1F. The van der Waals surface area contributed by atoms with Gasteiger partial charge in [-0.15, -0.1) is 11.8 Å². The summed E-state index contributed by atoms with van der Waals surface area (Å²) in [6, 6.07) is 6.07. The second kappa shape index (κ2) is 7.98. The van der Waals surface area contributed by atoms with Crippen LogP contribution >= 0.6 is 11.8 Å². The van der Waals surface area contributed by atoms with Crippen molar-refractivity contribution in [3.05, 3.63) is 35.4 Å². The van der Waals surface area contributed by atoms with E-state index < -0.39 is 22.4 Å². The number of rotatable bonds is 5. The first kappa shape index (κ1) is 18.7. The summed E-state index contributed by atoms with van der Waals surface area (Å²) < 4.78 is 27.6. The van der Waals surface area contributed by atoms with E-state index in [4.69, 9.17) is 0 Å². The van der Waals surface area contributed by atoms with Crippen molar-refractivity contribution < 1.29 is 13.6 Å². The highest BCUT2D eigenvalue weighted by Crippen LogP contribution is 2.35. The molecule has 1 aliphatic carbocycles. The summed E-state index contributed by atoms with van der Waals surface area (Å²) in [6.45, 7) is 1.68. The molecule has 0 radical (unpaired) electrons. The first-order valence-electron chi connectivity index (χ1n) is 8.15. The summed E-state index contributed by atoms with van der Waals surface area (Å²) in [5.74, 6) is -1.28. The molecule has 0 aliphatic heterocycles. The van der Waals surface area contributed by atoms with Crippen LogP contribution in [0.15, 0.2) is 18.2 Å². The first-order chi connectivity index (χ1) is 11.4. The molecule has 6 heteroatoms. The van der Waals surface area contributed by atoms with Gasteiger partial charge in [0.15, 0.2) is 0 Å². The van der Waals surface area contributed by atoms with Gasteiger partial charge in [-0.3, -0.25) is 4.79 Å². The smallest absolute Gasteiger partial charge is 0.233 e. The molecule has 0 N–H and O–H groups in total. The Balaban J connectivity index is 2.01. The Morgan fingerprint density at radius 1 is 1.33 bits per heavy atom. The number of benzene rings is 1. The maximum atomic E-state index is 13.8. The van der Waals surface area contributed by atoms with Gasteiger partial charge in [-0.2, -0.15) is 5.26 Å². The predicted octanol–water partition coefficient (Wildman–Crippen LogP) is 4.44. The molecular formula is C18H22F2N2OS. The zero-order chi connectivity index (χ0) is 17.7. The fraction of sp³-hybridized carbons (Fsp3) is 0.556. The standard InChI is InChI=1S/C18H22F2N2OS/c1-13(17-14(19)7-6-8-15(17)20)24-11-16(23)22(2)18(12-21)9-4-3-5-10-18/h6-8,13H,3-5,9-11H2,1-2H3. The lowest BCUT2D eigenvalue weighted by atomic mass is 9.81. The van der Waals surface area contributed by atoms with Crippen molar-refractivity contribution in [3.63, 3.8) is 0 Å². The largest absolute Gasteiger partial charge is 0.326 e. The fourth-order valence-corrected chi connectivity index (χ4v) is 4.15. The normalized spacial score (nSPS) is 17.8. The predicted molar refractivity (Wildman–Crippen MR) is 91.4 cm³/mol. The van der Waals surface area contributed by atoms with Crippen LogP contribution in [-0.2, 0) is 4.79 Å². The fourth-order valence-electron chi connectivity index (χ4n) is 3.17. The summed E-state index contributed by atoms with van der Waals surface area (Å²) in [5.41, 5.74) is -0.742. The van der Waals surface area contributed by atoms with Crippen molar-refractivity contribution in [2.45, 2.75) is 49.8 Å². The van der Waals surface area contributed by atoms with Gasteiger partial charge in [0.25, 0.3) is 0 Å². The average molecular weight is 352 g/mol. The minimum Gasteiger partial charge on any atom is -0.326 e. The van der Waals surface area contributed by atoms with E-state index in [1.807, 2.05) is 0 Å². The van der Waals surface area contributed by atoms with Crippen molar-refractivity contribution in [3.8, 4) is 6.07 Å². The third kappa shape index (κ3) is 3.89. The molecule has 1 aromatic rings. The van der Waals surface area contributed by atoms with Gasteiger partial charge in [-0.1, -0.05) is 25.3 Å². The summed E-state index contributed by atoms with van der Waals surface area (Å²) in [4.78, 5) is 14.0. The van der Waals surface area contributed by atoms with Gasteiger partial charge in [0.05, 0.1) is 11.8 Å². The summed E-state index contributed by atoms with van der Waals surface area (Å²) >= 11 is 1.19. The number of nitrogens with zero attached hydrogens (tertiary/aromatic N) is 2. The molecule has 1 unspecified atom stereocenters. The molecule has 1 atom stereocenters. The Kier molecular flexibility index (Phi) is 6.22. The van der Waals surface area contributed by atoms with Crippen LogP contribution in [0, 0.1) is 23.0 Å². The van der Waals surface area contributed by atoms with Gasteiger partial charge in [-0.25, -0.2) is 8.78 Å². The van der Waals surface area contributed by atoms with Crippen LogP contribution in [0.1, 0.15) is 49.8 Å². The lowest BCUT2D eigenvalue weighted by Crippen LogP contribution is -2.50. The molecule has 1 aromatic carbocycles. The second-order valence-corrected chi connectivity index (χ2v) is 7.57. The van der Waals surface area contributed by atoms with Gasteiger partial charge >= 0.3 is 0 Å². The highest BCUT2D eigenvalue weighted by atomic mass is 32.2. The Morgan fingerprint density at radius 3 is 2.46 bits per heavy atom. The van der Waals surface area contributed by atoms with E-state index >= 15 is 0 Å². The van der Waals surface area contributed by atoms with Gasteiger partial charge in [0, 0.05) is 17.9 Å². The Hall–Kier alpha value is -1.61. The quantitative estimate of drug-likeness (QED) is 0.787. The lowest BCUT2D eigenvalue weighted by molar-refractivity contribution is -0.131. The highest BCUT2D eigenvalue weighted by molar-refractivity contribution is 8.00. The number of hydrogen-bond acceptors (Lipinski definition) is 3. The number of hydrogen-bond donors (Lipinski definition) is 0. The van der Waals surface area contributed by atoms with Gasteiger partial charge in [0.1, 0.15) is 17.2 Å². The zero-order valence-electron chi connectivity index (χ0n) is 14.0. The van der Waals surface area contributed by atoms with E-state index in [9.17, 15) is 18.8 Å². The van der Waals surface area contributed by atoms with E-state index in [0.717, 1.165) is 19.3 Å². The molecule has 1 fully saturated rings. The second-order valence-electron chi connectivity index (χ2n) is 6.25. The topological polar surface area (TPSA) is 44.1 Å². The lowest BCUT2D eigenvalue weighted by Gasteiger charge is -2.39. The number of nitriles is 1. The van der Waals surface area contributed by atoms with Crippen LogP contribution in [0.2, 0.25) is 0 Å². The molecule has 0 spiro atoms. The number of carbonyl (C=O) groups excluding carboxylic acids is 1. The zero-order valence-corrected chi connectivity index (χ0v) is 14.8. The van der Waals surface area contributed by atoms with Crippen LogP contribution in [0.25, 0.3) is 0 Å². The third-order valence-corrected chi connectivity index (χ3v) is 5.92. The molecule has 0 bridgehead atoms. The minimum absolute atomic E-state index is 0.00869.